The summed E-state index contributed by atoms with van der Waals surface area (Å²) < 4.78 is 1.24. The van der Waals surface area contributed by atoms with Crippen LogP contribution in [0, 0.1) is 0 Å². The molecule has 0 fully saturated rings. The predicted octanol–water partition coefficient (Wildman–Crippen LogP) is 16.7. The molecule has 1 aromatic carbocycles. The molecule has 1 nitrogen and oxygen atoms in total. The minimum atomic E-state index is 1.21. The maximum atomic E-state index is 2.55. The van der Waals surface area contributed by atoms with Gasteiger partial charge in [0.2, 0.25) is 0 Å². The van der Waals surface area contributed by atoms with E-state index in [-0.39, 0.29) is 0 Å². The van der Waals surface area contributed by atoms with Crippen LogP contribution < -0.4 is 0 Å². The highest BCUT2D eigenvalue weighted by Gasteiger charge is 2.21. The molecule has 0 atom stereocenters. The van der Waals surface area contributed by atoms with Gasteiger partial charge in [-0.05, 0) is 25.7 Å². The Morgan fingerprint density at radius 3 is 0.776 bits per heavy atom. The van der Waals surface area contributed by atoms with Crippen LogP contribution in [0.2, 0.25) is 0 Å². The maximum Gasteiger partial charge on any atom is 0.104 e. The van der Waals surface area contributed by atoms with E-state index in [0.717, 1.165) is 0 Å². The van der Waals surface area contributed by atoms with E-state index in [1.54, 1.807) is 0 Å². The first kappa shape index (κ1) is 46.2. The monoisotopic (exact) mass is 683 g/mol. The van der Waals surface area contributed by atoms with Crippen LogP contribution in [0.15, 0.2) is 30.3 Å². The first-order chi connectivity index (χ1) is 24.2. The molecular formula is C48H92N+. The molecule has 0 saturated heterocycles. The highest BCUT2D eigenvalue weighted by molar-refractivity contribution is 5.13. The van der Waals surface area contributed by atoms with Crippen LogP contribution in [0.5, 0.6) is 0 Å². The topological polar surface area (TPSA) is 0 Å². The van der Waals surface area contributed by atoms with Gasteiger partial charge in [0.15, 0.2) is 0 Å². The Labute approximate surface area is 311 Å². The molecule has 0 saturated carbocycles. The second-order valence-electron chi connectivity index (χ2n) is 16.7. The Bertz CT molecular complexity index is 701. The van der Waals surface area contributed by atoms with Crippen molar-refractivity contribution in [3.8, 4) is 0 Å². The molecular weight excluding hydrogens is 591 g/mol. The van der Waals surface area contributed by atoms with Crippen molar-refractivity contribution >= 4 is 0 Å². The van der Waals surface area contributed by atoms with Crippen LogP contribution in [0.3, 0.4) is 0 Å². The van der Waals surface area contributed by atoms with Crippen molar-refractivity contribution in [1.82, 2.24) is 0 Å². The summed E-state index contributed by atoms with van der Waals surface area (Å²) in [5.74, 6) is 0. The van der Waals surface area contributed by atoms with Crippen LogP contribution in [0.4, 0.5) is 0 Å². The molecule has 0 unspecified atom stereocenters. The fraction of sp³-hybridized carbons (Fsp3) is 0.875. The Balaban J connectivity index is 2.02. The van der Waals surface area contributed by atoms with Gasteiger partial charge in [0.1, 0.15) is 6.54 Å². The van der Waals surface area contributed by atoms with E-state index in [9.17, 15) is 0 Å². The number of unbranched alkanes of at least 4 members (excludes halogenated alkanes) is 34. The van der Waals surface area contributed by atoms with Gasteiger partial charge >= 0.3 is 0 Å². The Morgan fingerprint density at radius 1 is 0.306 bits per heavy atom. The molecule has 0 amide bonds. The number of rotatable bonds is 40. The third-order valence-electron chi connectivity index (χ3n) is 11.5. The van der Waals surface area contributed by atoms with Crippen LogP contribution >= 0.6 is 0 Å². The van der Waals surface area contributed by atoms with Crippen molar-refractivity contribution in [1.29, 1.82) is 0 Å². The van der Waals surface area contributed by atoms with Gasteiger partial charge in [-0.3, -0.25) is 0 Å². The summed E-state index contributed by atoms with van der Waals surface area (Å²) in [6, 6.07) is 11.3. The highest BCUT2D eigenvalue weighted by Crippen LogP contribution is 2.20. The van der Waals surface area contributed by atoms with E-state index in [1.165, 1.54) is 261 Å². The number of benzene rings is 1. The normalized spacial score (nSPS) is 11.9. The predicted molar refractivity (Wildman–Crippen MR) is 224 cm³/mol. The Hall–Kier alpha value is -0.820. The minimum absolute atomic E-state index is 1.21. The van der Waals surface area contributed by atoms with E-state index >= 15 is 0 Å². The zero-order valence-electron chi connectivity index (χ0n) is 34.4. The molecule has 0 spiro atoms. The summed E-state index contributed by atoms with van der Waals surface area (Å²) in [6.45, 7) is 8.54. The van der Waals surface area contributed by atoms with Gasteiger partial charge in [-0.15, -0.1) is 0 Å². The van der Waals surface area contributed by atoms with Crippen molar-refractivity contribution in [2.24, 2.45) is 0 Å². The maximum absolute atomic E-state index is 2.55. The molecule has 0 aliphatic heterocycles. The first-order valence-corrected chi connectivity index (χ1v) is 23.1. The van der Waals surface area contributed by atoms with Crippen LogP contribution in [-0.4, -0.2) is 24.6 Å². The van der Waals surface area contributed by atoms with Crippen LogP contribution in [-0.2, 0) is 6.54 Å². The van der Waals surface area contributed by atoms with E-state index in [1.807, 2.05) is 0 Å². The lowest BCUT2D eigenvalue weighted by atomic mass is 10.0. The quantitative estimate of drug-likeness (QED) is 0.0477. The summed E-state index contributed by atoms with van der Waals surface area (Å²) in [4.78, 5) is 0. The number of hydrogen-bond donors (Lipinski definition) is 0. The largest absolute Gasteiger partial charge is 0.322 e. The second kappa shape index (κ2) is 37.0. The van der Waals surface area contributed by atoms with Crippen LogP contribution in [0.25, 0.3) is 0 Å². The third kappa shape index (κ3) is 32.8. The van der Waals surface area contributed by atoms with Crippen molar-refractivity contribution in [3.05, 3.63) is 35.9 Å². The van der Waals surface area contributed by atoms with Gasteiger partial charge in [-0.25, -0.2) is 0 Å². The number of hydrogen-bond acceptors (Lipinski definition) is 0. The minimum Gasteiger partial charge on any atom is -0.322 e. The molecule has 288 valence electrons. The molecule has 0 bridgehead atoms. The molecule has 0 aliphatic carbocycles. The second-order valence-corrected chi connectivity index (χ2v) is 16.7. The average molecular weight is 683 g/mol. The summed E-state index contributed by atoms with van der Waals surface area (Å²) in [5, 5.41) is 0. The van der Waals surface area contributed by atoms with Gasteiger partial charge in [0, 0.05) is 5.56 Å². The standard InChI is InChI=1S/C48H92N/c1-4-6-8-10-12-14-16-18-20-22-24-26-28-30-32-34-36-41-45-49(3,47-48-43-39-38-40-44-48)46-42-37-35-33-31-29-27-25-23-21-19-17-15-13-11-9-7-5-2/h38-40,43-44H,4-37,41-42,45-47H2,1-3H3/q+1. The fourth-order valence-electron chi connectivity index (χ4n) is 8.08. The summed E-state index contributed by atoms with van der Waals surface area (Å²) >= 11 is 0. The lowest BCUT2D eigenvalue weighted by Crippen LogP contribution is -2.44. The van der Waals surface area contributed by atoms with Crippen LogP contribution in [0.1, 0.15) is 251 Å². The highest BCUT2D eigenvalue weighted by atomic mass is 15.3. The fourth-order valence-corrected chi connectivity index (χ4v) is 8.08. The van der Waals surface area contributed by atoms with Gasteiger partial charge in [-0.1, -0.05) is 250 Å². The molecule has 1 heteroatoms. The van der Waals surface area contributed by atoms with Gasteiger partial charge in [0.25, 0.3) is 0 Å². The van der Waals surface area contributed by atoms with Gasteiger partial charge in [0.05, 0.1) is 20.1 Å². The van der Waals surface area contributed by atoms with Crippen molar-refractivity contribution < 1.29 is 4.48 Å². The van der Waals surface area contributed by atoms with E-state index < -0.39 is 0 Å². The number of nitrogens with zero attached hydrogens (tertiary/aromatic N) is 1. The van der Waals surface area contributed by atoms with Crippen molar-refractivity contribution in [2.45, 2.75) is 252 Å². The Kier molecular flexibility index (Phi) is 34.8. The molecule has 0 aromatic heterocycles. The zero-order valence-corrected chi connectivity index (χ0v) is 34.4. The lowest BCUT2D eigenvalue weighted by molar-refractivity contribution is -0.923. The SMILES string of the molecule is CCCCCCCCCCCCCCCCCCCC[N+](C)(CCCCCCCCCCCCCCCCCCCC)Cc1ccccc1. The smallest absolute Gasteiger partial charge is 0.104 e. The molecule has 1 aromatic rings. The molecule has 1 rings (SSSR count). The number of quaternary nitrogens is 1. The van der Waals surface area contributed by atoms with E-state index in [2.05, 4.69) is 51.2 Å². The molecule has 0 N–H and O–H groups in total. The molecule has 0 heterocycles. The van der Waals surface area contributed by atoms with Crippen molar-refractivity contribution in [2.75, 3.05) is 20.1 Å². The lowest BCUT2D eigenvalue weighted by Gasteiger charge is -2.35. The zero-order chi connectivity index (χ0) is 35.2. The van der Waals surface area contributed by atoms with Gasteiger partial charge in [-0.2, -0.15) is 0 Å². The van der Waals surface area contributed by atoms with Crippen molar-refractivity contribution in [3.63, 3.8) is 0 Å². The van der Waals surface area contributed by atoms with Gasteiger partial charge < -0.3 is 4.48 Å². The van der Waals surface area contributed by atoms with E-state index in [0.29, 0.717) is 0 Å². The summed E-state index contributed by atoms with van der Waals surface area (Å²) in [5.41, 5.74) is 1.52. The molecule has 0 aliphatic rings. The third-order valence-corrected chi connectivity index (χ3v) is 11.5. The summed E-state index contributed by atoms with van der Waals surface area (Å²) in [6.07, 6.45) is 52.5. The summed E-state index contributed by atoms with van der Waals surface area (Å²) in [7, 11) is 2.55. The van der Waals surface area contributed by atoms with E-state index in [4.69, 9.17) is 0 Å². The Morgan fingerprint density at radius 2 is 0.531 bits per heavy atom. The molecule has 0 radical (unpaired) electrons. The average Bonchev–Trinajstić information content (AvgIpc) is 3.11. The molecule has 49 heavy (non-hydrogen) atoms. The first-order valence-electron chi connectivity index (χ1n) is 23.1.